The monoisotopic (exact) mass is 833 g/mol. The molecule has 2 bridgehead atoms. The van der Waals surface area contributed by atoms with Gasteiger partial charge in [0.15, 0.2) is 36.9 Å². The maximum absolute atomic E-state index is 16.4. The van der Waals surface area contributed by atoms with Crippen LogP contribution in [-0.4, -0.2) is 109 Å². The summed E-state index contributed by atoms with van der Waals surface area (Å²) in [5, 5.41) is 18.2. The fourth-order valence-corrected chi connectivity index (χ4v) is 9.43. The number of aryl methyl sites for hydroxylation is 1. The molecule has 0 spiro atoms. The van der Waals surface area contributed by atoms with Gasteiger partial charge in [-0.3, -0.25) is 13.7 Å². The molecule has 2 unspecified atom stereocenters. The normalized spacial score (nSPS) is 34.4. The number of halogens is 1. The Balaban J connectivity index is 0.00000240. The summed E-state index contributed by atoms with van der Waals surface area (Å²) >= 11 is 10.4. The van der Waals surface area contributed by atoms with Crippen molar-refractivity contribution in [2.45, 2.75) is 62.0 Å². The van der Waals surface area contributed by atoms with E-state index in [2.05, 4.69) is 35.6 Å². The summed E-state index contributed by atoms with van der Waals surface area (Å²) < 4.78 is 81.1. The Kier molecular flexibility index (Phi) is 13.2. The molecule has 3 fully saturated rings. The van der Waals surface area contributed by atoms with Gasteiger partial charge in [0, 0.05) is 25.8 Å². The van der Waals surface area contributed by atoms with E-state index in [0.29, 0.717) is 31.0 Å². The van der Waals surface area contributed by atoms with Gasteiger partial charge in [0.25, 0.3) is 0 Å². The number of ether oxygens (including phenoxy) is 2. The summed E-state index contributed by atoms with van der Waals surface area (Å²) in [6, 6.07) is 0. The molecular formula is C26H32FN11Na2O9P2S2. The number of rotatable bonds is 5. The van der Waals surface area contributed by atoms with Crippen LogP contribution in [0.4, 0.5) is 22.0 Å². The summed E-state index contributed by atoms with van der Waals surface area (Å²) in [7, 11) is 0. The average Bonchev–Trinajstić information content (AvgIpc) is 3.79. The molecule has 4 aliphatic rings. The maximum atomic E-state index is 16.4. The molecule has 4 aromatic heterocycles. The topological polar surface area (TPSA) is 260 Å². The Morgan fingerprint density at radius 2 is 1.72 bits per heavy atom. The number of imidazole rings is 1. The second-order valence-corrected chi connectivity index (χ2v) is 17.6. The van der Waals surface area contributed by atoms with E-state index >= 15 is 4.39 Å². The minimum Gasteiger partial charge on any atom is -0.660 e. The molecule has 0 radical (unpaired) electrons. The first-order valence-electron chi connectivity index (χ1n) is 15.9. The van der Waals surface area contributed by atoms with E-state index in [1.54, 1.807) is 6.20 Å². The van der Waals surface area contributed by atoms with Crippen molar-refractivity contribution >= 4 is 77.9 Å². The van der Waals surface area contributed by atoms with Gasteiger partial charge in [-0.25, -0.2) is 19.3 Å². The van der Waals surface area contributed by atoms with E-state index in [1.165, 1.54) is 21.8 Å². The Hall–Kier alpha value is -0.660. The number of anilines is 3. The van der Waals surface area contributed by atoms with Crippen LogP contribution in [0.3, 0.4) is 0 Å². The van der Waals surface area contributed by atoms with Crippen LogP contribution in [-0.2, 0) is 67.6 Å². The molecule has 3 saturated heterocycles. The standard InChI is InChI=1S/C26H34FN11O9P2S2.2Na/c27-15-18-13(45-24(15)37-6-11-2-1-4-30-21-14(11)22(37)33-9-32-21)8-43-49(41,51)47-19-17(39)12(7-42-48(40,50)46-18)44-25(19)38-10-34-16-20(29)35-26(31-5-3-28)36-23(16)38;;/h6,9-10,12-13,15,17-19,24-25,39H,1-5,7-8,28H2,(H,40,50)(H,41,51)(H,30,32,33)(H3,29,31,35,36);;/q;2*+1/p-2/t12-,13-,15-,17-,18-,19-,24-,25-,48?,49?;;/m1../s1. The van der Waals surface area contributed by atoms with Gasteiger partial charge in [0.1, 0.15) is 53.8 Å². The number of nitrogens with one attached hydrogen (secondary N) is 2. The fraction of sp³-hybridized carbons (Fsp3) is 0.577. The number of nitrogens with zero attached hydrogens (tertiary/aromatic N) is 7. The fourth-order valence-electron chi connectivity index (χ4n) is 6.61. The van der Waals surface area contributed by atoms with Gasteiger partial charge in [-0.05, 0) is 18.4 Å². The number of hydrogen-bond donors (Lipinski definition) is 5. The summed E-state index contributed by atoms with van der Waals surface area (Å²) in [6.45, 7) is -8.92. The van der Waals surface area contributed by atoms with Crippen molar-refractivity contribution < 1.29 is 105 Å². The van der Waals surface area contributed by atoms with E-state index in [1.807, 2.05) is 0 Å². The number of alkyl halides is 1. The van der Waals surface area contributed by atoms with Crippen molar-refractivity contribution in [3.05, 3.63) is 24.4 Å². The molecule has 8 rings (SSSR count). The molecule has 7 N–H and O–H groups in total. The first-order valence-corrected chi connectivity index (χ1v) is 21.0. The van der Waals surface area contributed by atoms with Gasteiger partial charge in [0.05, 0.1) is 24.9 Å². The molecule has 0 aromatic carbocycles. The quantitative estimate of drug-likeness (QED) is 0.0718. The zero-order valence-electron chi connectivity index (χ0n) is 28.4. The first kappa shape index (κ1) is 42.0. The minimum absolute atomic E-state index is 0. The summed E-state index contributed by atoms with van der Waals surface area (Å²) in [5.41, 5.74) is 13.3. The molecular weight excluding hydrogens is 801 g/mol. The van der Waals surface area contributed by atoms with Crippen LogP contribution in [0.5, 0.6) is 0 Å². The smallest absolute Gasteiger partial charge is 0.660 e. The van der Waals surface area contributed by atoms with E-state index in [9.17, 15) is 14.2 Å². The molecule has 8 heterocycles. The van der Waals surface area contributed by atoms with Crippen molar-refractivity contribution in [2.24, 2.45) is 5.73 Å². The van der Waals surface area contributed by atoms with Crippen molar-refractivity contribution in [3.8, 4) is 0 Å². The zero-order chi connectivity index (χ0) is 35.7. The second-order valence-electron chi connectivity index (χ2n) is 12.2. The predicted octanol–water partition coefficient (Wildman–Crippen LogP) is -4.79. The number of aliphatic hydroxyl groups is 1. The third-order valence-electron chi connectivity index (χ3n) is 8.90. The van der Waals surface area contributed by atoms with E-state index in [4.69, 9.17) is 63.5 Å². The average molecular weight is 834 g/mol. The van der Waals surface area contributed by atoms with Gasteiger partial charge >= 0.3 is 59.1 Å². The van der Waals surface area contributed by atoms with E-state index < -0.39 is 76.0 Å². The third kappa shape index (κ3) is 8.22. The van der Waals surface area contributed by atoms with E-state index in [-0.39, 0.29) is 88.6 Å². The number of nitrogen functional groups attached to an aromatic ring is 1. The largest absolute Gasteiger partial charge is 1.00 e. The van der Waals surface area contributed by atoms with Crippen LogP contribution in [0.2, 0.25) is 0 Å². The van der Waals surface area contributed by atoms with Crippen LogP contribution >= 0.6 is 13.6 Å². The Morgan fingerprint density at radius 3 is 2.47 bits per heavy atom. The molecule has 0 aliphatic carbocycles. The number of aromatic nitrogens is 7. The molecule has 20 nitrogen and oxygen atoms in total. The number of fused-ring (bicyclic) bond motifs is 4. The zero-order valence-corrected chi connectivity index (χ0v) is 35.8. The molecule has 4 aliphatic heterocycles. The van der Waals surface area contributed by atoms with Crippen molar-refractivity contribution in [3.63, 3.8) is 0 Å². The third-order valence-corrected chi connectivity index (χ3v) is 12.0. The molecule has 0 amide bonds. The Morgan fingerprint density at radius 1 is 1.00 bits per heavy atom. The second kappa shape index (κ2) is 16.7. The summed E-state index contributed by atoms with van der Waals surface area (Å²) in [4.78, 5) is 21.6. The SMILES string of the molecule is NCCNc1nc(N)c2ncn([C@@H]3O[C@@H]4COP(=O)([S-])O[C@H]5[C@@H](F)[C@H](n6cc7c8c(ncnc86)NCCC7)O[C@@H]5COP(=O)([S-])O[C@@H]3[C@@H]4O)c2n1.[Na+].[Na+]. The molecule has 27 heteroatoms. The molecule has 4 aromatic rings. The van der Waals surface area contributed by atoms with Crippen LogP contribution in [0.1, 0.15) is 24.4 Å². The predicted molar refractivity (Wildman–Crippen MR) is 182 cm³/mol. The minimum atomic E-state index is -4.51. The van der Waals surface area contributed by atoms with Crippen molar-refractivity contribution in [1.29, 1.82) is 0 Å². The Bertz CT molecular complexity index is 2080. The van der Waals surface area contributed by atoms with Gasteiger partial charge in [-0.15, -0.1) is 0 Å². The van der Waals surface area contributed by atoms with Crippen LogP contribution in [0.15, 0.2) is 18.9 Å². The summed E-state index contributed by atoms with van der Waals surface area (Å²) in [5.74, 6) is 0.777. The van der Waals surface area contributed by atoms with Crippen LogP contribution in [0.25, 0.3) is 22.2 Å². The molecule has 276 valence electrons. The molecule has 10 atom stereocenters. The van der Waals surface area contributed by atoms with Crippen molar-refractivity contribution in [2.75, 3.05) is 49.2 Å². The number of nitrogens with two attached hydrogens (primary N) is 2. The van der Waals surface area contributed by atoms with Gasteiger partial charge in [0.2, 0.25) is 12.7 Å². The van der Waals surface area contributed by atoms with Gasteiger partial charge in [-0.2, -0.15) is 9.97 Å². The molecule has 0 saturated carbocycles. The number of hydrogen-bond acceptors (Lipinski definition) is 20. The van der Waals surface area contributed by atoms with E-state index in [0.717, 1.165) is 17.4 Å². The Labute approximate surface area is 355 Å². The van der Waals surface area contributed by atoms with Crippen LogP contribution in [0, 0.1) is 0 Å². The molecule has 53 heavy (non-hydrogen) atoms. The van der Waals surface area contributed by atoms with Gasteiger partial charge in [-0.1, -0.05) is 0 Å². The first-order chi connectivity index (χ1) is 24.4. The maximum Gasteiger partial charge on any atom is 1.00 e. The number of aliphatic hydroxyl groups excluding tert-OH is 1. The summed E-state index contributed by atoms with van der Waals surface area (Å²) in [6.07, 6.45) is -6.08. The van der Waals surface area contributed by atoms with Crippen molar-refractivity contribution in [1.82, 2.24) is 34.1 Å². The van der Waals surface area contributed by atoms with Gasteiger partial charge < -0.3 is 83.8 Å². The van der Waals surface area contributed by atoms with Crippen LogP contribution < -0.4 is 81.2 Å².